The quantitative estimate of drug-likeness (QED) is 0.0464. The molecule has 0 spiro atoms. The maximum Gasteiger partial charge on any atom is 0.347 e. The molecule has 5 rings (SSSR count). The molecule has 12 heteroatoms. The lowest BCUT2D eigenvalue weighted by atomic mass is 10.1. The fourth-order valence-electron chi connectivity index (χ4n) is 4.28. The van der Waals surface area contributed by atoms with E-state index in [9.17, 15) is 19.2 Å². The van der Waals surface area contributed by atoms with E-state index in [1.54, 1.807) is 26.8 Å². The first kappa shape index (κ1) is 41.2. The number of pyridine rings is 1. The van der Waals surface area contributed by atoms with Crippen LogP contribution in [0.1, 0.15) is 42.3 Å². The molecule has 0 aliphatic rings. The number of aromatic nitrogens is 1. The molecular formula is C40H40Br2N2O8. The molecule has 0 saturated heterocycles. The maximum absolute atomic E-state index is 12.2. The molecule has 272 valence electrons. The zero-order valence-corrected chi connectivity index (χ0v) is 32.6. The molecule has 52 heavy (non-hydrogen) atoms. The van der Waals surface area contributed by atoms with Gasteiger partial charge in [-0.1, -0.05) is 74.3 Å². The van der Waals surface area contributed by atoms with E-state index in [1.807, 2.05) is 98.8 Å². The summed E-state index contributed by atoms with van der Waals surface area (Å²) in [7, 11) is 0. The Morgan fingerprint density at radius 3 is 1.77 bits per heavy atom. The highest BCUT2D eigenvalue weighted by Crippen LogP contribution is 2.22. The molecule has 0 saturated carbocycles. The van der Waals surface area contributed by atoms with Gasteiger partial charge < -0.3 is 29.2 Å². The van der Waals surface area contributed by atoms with Crippen molar-refractivity contribution in [2.75, 3.05) is 25.1 Å². The van der Waals surface area contributed by atoms with E-state index < -0.39 is 17.9 Å². The van der Waals surface area contributed by atoms with Crippen molar-refractivity contribution >= 4 is 66.4 Å². The van der Waals surface area contributed by atoms with Gasteiger partial charge in [0.25, 0.3) is 0 Å². The number of esters is 3. The predicted octanol–water partition coefficient (Wildman–Crippen LogP) is 9.43. The minimum Gasteiger partial charge on any atom is -0.462 e. The van der Waals surface area contributed by atoms with Crippen LogP contribution in [0.15, 0.2) is 123 Å². The first-order chi connectivity index (χ1) is 25.0. The van der Waals surface area contributed by atoms with Crippen molar-refractivity contribution in [3.63, 3.8) is 0 Å². The Kier molecular flexibility index (Phi) is 16.8. The maximum atomic E-state index is 12.2. The topological polar surface area (TPSA) is 133 Å². The number of carbonyl (C=O) groups excluding carboxylic acids is 3. The molecule has 0 aliphatic heterocycles. The third-order valence-electron chi connectivity index (χ3n) is 6.92. The lowest BCUT2D eigenvalue weighted by molar-refractivity contribution is -0.146. The van der Waals surface area contributed by atoms with Crippen molar-refractivity contribution < 1.29 is 33.3 Å². The smallest absolute Gasteiger partial charge is 0.347 e. The molecule has 10 nitrogen and oxygen atoms in total. The molecule has 4 aromatic carbocycles. The number of nitrogens with one attached hydrogen (secondary N) is 2. The van der Waals surface area contributed by atoms with Gasteiger partial charge in [-0.25, -0.2) is 14.4 Å². The summed E-state index contributed by atoms with van der Waals surface area (Å²) < 4.78 is 21.9. The van der Waals surface area contributed by atoms with Crippen LogP contribution in [0.4, 0.5) is 5.69 Å². The molecule has 0 bridgehead atoms. The molecule has 0 unspecified atom stereocenters. The standard InChI is InChI=1S/C15H18BrNO4.C13H12BrNO3.C12H10O/c1-4-20-14(18)12(15(19)21-5-2)9-17-11-7-6-10(3)13(16)8-11;1-3-18-13(17)9-6-15-11-5-10(14)7(2)4-8(11)12(9)16;1-3-7-11(8-4-1)13-12-9-5-2-6-10-12/h6-9,17H,4-5H2,1-3H3;4-6H,3H2,1-2H3,(H,15,16);1-10H. The van der Waals surface area contributed by atoms with Crippen molar-refractivity contribution in [3.05, 3.63) is 145 Å². The zero-order valence-electron chi connectivity index (χ0n) is 29.5. The Morgan fingerprint density at radius 1 is 0.712 bits per heavy atom. The number of ether oxygens (including phenoxy) is 4. The molecule has 0 fully saturated rings. The van der Waals surface area contributed by atoms with Gasteiger partial charge >= 0.3 is 17.9 Å². The fraction of sp³-hybridized carbons (Fsp3) is 0.200. The van der Waals surface area contributed by atoms with E-state index in [-0.39, 0.29) is 36.4 Å². The van der Waals surface area contributed by atoms with Crippen LogP contribution in [0.25, 0.3) is 10.9 Å². The third kappa shape index (κ3) is 12.5. The van der Waals surface area contributed by atoms with Gasteiger partial charge in [-0.3, -0.25) is 4.79 Å². The number of H-pyrrole nitrogens is 1. The summed E-state index contributed by atoms with van der Waals surface area (Å²) in [5.74, 6) is -0.284. The molecule has 2 N–H and O–H groups in total. The van der Waals surface area contributed by atoms with Crippen LogP contribution >= 0.6 is 31.9 Å². The van der Waals surface area contributed by atoms with Gasteiger partial charge in [0, 0.05) is 32.4 Å². The average molecular weight is 837 g/mol. The number of anilines is 1. The summed E-state index contributed by atoms with van der Waals surface area (Å²) in [6.45, 7) is 9.52. The van der Waals surface area contributed by atoms with Gasteiger partial charge in [0.1, 0.15) is 17.1 Å². The minimum atomic E-state index is -0.713. The highest BCUT2D eigenvalue weighted by molar-refractivity contribution is 9.10. The van der Waals surface area contributed by atoms with Crippen molar-refractivity contribution in [2.45, 2.75) is 34.6 Å². The Morgan fingerprint density at radius 2 is 1.25 bits per heavy atom. The first-order valence-electron chi connectivity index (χ1n) is 16.3. The van der Waals surface area contributed by atoms with Gasteiger partial charge in [0.15, 0.2) is 5.57 Å². The summed E-state index contributed by atoms with van der Waals surface area (Å²) >= 11 is 6.82. The van der Waals surface area contributed by atoms with Crippen LogP contribution in [-0.2, 0) is 23.8 Å². The van der Waals surface area contributed by atoms with E-state index in [1.165, 1.54) is 12.4 Å². The van der Waals surface area contributed by atoms with E-state index >= 15 is 0 Å². The summed E-state index contributed by atoms with van der Waals surface area (Å²) in [5.41, 5.74) is 3.00. The zero-order chi connectivity index (χ0) is 38.0. The number of carbonyl (C=O) groups is 3. The molecule has 0 amide bonds. The normalized spacial score (nSPS) is 9.98. The molecule has 0 atom stereocenters. The van der Waals surface area contributed by atoms with Gasteiger partial charge in [-0.05, 0) is 94.3 Å². The number of hydrogen-bond donors (Lipinski definition) is 2. The van der Waals surface area contributed by atoms with Crippen LogP contribution in [-0.4, -0.2) is 42.7 Å². The summed E-state index contributed by atoms with van der Waals surface area (Å²) in [5, 5.41) is 3.38. The number of hydrogen-bond acceptors (Lipinski definition) is 9. The van der Waals surface area contributed by atoms with Crippen LogP contribution < -0.4 is 15.5 Å². The van der Waals surface area contributed by atoms with E-state index in [4.69, 9.17) is 18.9 Å². The van der Waals surface area contributed by atoms with Gasteiger partial charge in [0.2, 0.25) is 5.43 Å². The second-order valence-electron chi connectivity index (χ2n) is 10.7. The Hall–Kier alpha value is -5.20. The van der Waals surface area contributed by atoms with Crippen LogP contribution in [0.3, 0.4) is 0 Å². The molecule has 1 heterocycles. The monoisotopic (exact) mass is 834 g/mol. The van der Waals surface area contributed by atoms with Gasteiger partial charge in [0.05, 0.1) is 25.3 Å². The minimum absolute atomic E-state index is 0.0334. The lowest BCUT2D eigenvalue weighted by Gasteiger charge is -2.08. The van der Waals surface area contributed by atoms with E-state index in [2.05, 4.69) is 42.2 Å². The molecule has 1 aromatic heterocycles. The van der Waals surface area contributed by atoms with Crippen molar-refractivity contribution in [1.29, 1.82) is 0 Å². The summed E-state index contributed by atoms with van der Waals surface area (Å²) in [6, 6.07) is 28.7. The number of para-hydroxylation sites is 2. The average Bonchev–Trinajstić information content (AvgIpc) is 3.13. The Labute approximate surface area is 319 Å². The Balaban J connectivity index is 0.000000215. The van der Waals surface area contributed by atoms with E-state index in [0.29, 0.717) is 10.9 Å². The number of halogens is 2. The number of aryl methyl sites for hydroxylation is 2. The van der Waals surface area contributed by atoms with Crippen molar-refractivity contribution in [1.82, 2.24) is 4.98 Å². The number of fused-ring (bicyclic) bond motifs is 1. The molecule has 0 radical (unpaired) electrons. The number of rotatable bonds is 10. The van der Waals surface area contributed by atoms with Crippen molar-refractivity contribution in [3.8, 4) is 11.5 Å². The van der Waals surface area contributed by atoms with Gasteiger partial charge in [-0.2, -0.15) is 0 Å². The van der Waals surface area contributed by atoms with Crippen LogP contribution in [0.2, 0.25) is 0 Å². The summed E-state index contributed by atoms with van der Waals surface area (Å²) in [6.07, 6.45) is 2.69. The lowest BCUT2D eigenvalue weighted by Crippen LogP contribution is -2.19. The van der Waals surface area contributed by atoms with E-state index in [0.717, 1.165) is 37.3 Å². The van der Waals surface area contributed by atoms with Crippen LogP contribution in [0.5, 0.6) is 11.5 Å². The second kappa shape index (κ2) is 21.2. The molecule has 0 aliphatic carbocycles. The second-order valence-corrected chi connectivity index (χ2v) is 12.4. The highest BCUT2D eigenvalue weighted by Gasteiger charge is 2.21. The predicted molar refractivity (Wildman–Crippen MR) is 210 cm³/mol. The molecule has 5 aromatic rings. The summed E-state index contributed by atoms with van der Waals surface area (Å²) in [4.78, 5) is 50.2. The third-order valence-corrected chi connectivity index (χ3v) is 8.63. The fourth-order valence-corrected chi connectivity index (χ4v) is 5.00. The first-order valence-corrected chi connectivity index (χ1v) is 17.9. The largest absolute Gasteiger partial charge is 0.462 e. The van der Waals surface area contributed by atoms with Gasteiger partial charge in [-0.15, -0.1) is 0 Å². The highest BCUT2D eigenvalue weighted by atomic mass is 79.9. The number of aromatic amines is 1. The molecular weight excluding hydrogens is 796 g/mol. The Bertz CT molecular complexity index is 1990. The van der Waals surface area contributed by atoms with Crippen LogP contribution in [0, 0.1) is 13.8 Å². The SMILES string of the molecule is CCOC(=O)C(=CNc1ccc(C)c(Br)c1)C(=O)OCC.CCOC(=O)c1c[nH]c2cc(Br)c(C)cc2c1=O.c1ccc(Oc2ccccc2)cc1. The van der Waals surface area contributed by atoms with Crippen molar-refractivity contribution in [2.24, 2.45) is 0 Å². The number of benzene rings is 4.